The van der Waals surface area contributed by atoms with Gasteiger partial charge in [0, 0.05) is 6.20 Å². The molecule has 2 rings (SSSR count). The minimum absolute atomic E-state index is 0.401. The normalized spacial score (nSPS) is 10.3. The van der Waals surface area contributed by atoms with E-state index in [0.29, 0.717) is 11.5 Å². The number of aromatic nitrogens is 3. The van der Waals surface area contributed by atoms with E-state index in [2.05, 4.69) is 8.75 Å². The molecule has 2 aromatic heterocycles. The number of nitrogens with zero attached hydrogens (tertiary/aromatic N) is 3. The van der Waals surface area contributed by atoms with E-state index in [1.807, 2.05) is 22.9 Å². The molecule has 72 valence electrons. The van der Waals surface area contributed by atoms with Gasteiger partial charge in [-0.15, -0.1) is 0 Å². The van der Waals surface area contributed by atoms with Gasteiger partial charge in [-0.1, -0.05) is 12.2 Å². The first-order valence-electron chi connectivity index (χ1n) is 3.99. The Hall–Kier alpha value is -1.27. The Morgan fingerprint density at radius 3 is 3.14 bits per heavy atom. The van der Waals surface area contributed by atoms with Crippen LogP contribution in [0.4, 0.5) is 0 Å². The molecule has 0 aliphatic carbocycles. The summed E-state index contributed by atoms with van der Waals surface area (Å²) in [6.45, 7) is 0.663. The van der Waals surface area contributed by atoms with Crippen molar-refractivity contribution in [2.24, 2.45) is 5.73 Å². The molecule has 4 nitrogen and oxygen atoms in total. The van der Waals surface area contributed by atoms with Crippen LogP contribution in [-0.4, -0.2) is 18.3 Å². The topological polar surface area (TPSA) is 56.7 Å². The summed E-state index contributed by atoms with van der Waals surface area (Å²) >= 11 is 6.12. The van der Waals surface area contributed by atoms with Crippen LogP contribution >= 0.6 is 23.9 Å². The smallest absolute Gasteiger partial charge is 0.120 e. The van der Waals surface area contributed by atoms with Crippen molar-refractivity contribution in [3.8, 4) is 0 Å². The number of thiocarbonyl (C=S) groups is 1. The largest absolute Gasteiger partial charge is 0.388 e. The summed E-state index contributed by atoms with van der Waals surface area (Å²) in [6, 6.07) is 3.80. The van der Waals surface area contributed by atoms with Gasteiger partial charge < -0.3 is 10.3 Å². The average molecular weight is 224 g/mol. The molecule has 0 aliphatic heterocycles. The monoisotopic (exact) mass is 224 g/mol. The van der Waals surface area contributed by atoms with Crippen molar-refractivity contribution < 1.29 is 0 Å². The lowest BCUT2D eigenvalue weighted by atomic mass is 10.4. The Balaban J connectivity index is 2.25. The summed E-state index contributed by atoms with van der Waals surface area (Å²) < 4.78 is 10.0. The Bertz CT molecular complexity index is 432. The Kier molecular flexibility index (Phi) is 2.55. The number of hydrogen-bond acceptors (Lipinski definition) is 4. The van der Waals surface area contributed by atoms with E-state index < -0.39 is 0 Å². The third kappa shape index (κ3) is 1.80. The van der Waals surface area contributed by atoms with Gasteiger partial charge in [0.15, 0.2) is 0 Å². The SMILES string of the molecule is NC(=S)c1cccn1Cc1cnsn1. The fourth-order valence-electron chi connectivity index (χ4n) is 1.20. The predicted molar refractivity (Wildman–Crippen MR) is 59.3 cm³/mol. The van der Waals surface area contributed by atoms with E-state index in [-0.39, 0.29) is 0 Å². The van der Waals surface area contributed by atoms with Gasteiger partial charge in [0.05, 0.1) is 35.9 Å². The standard InChI is InChI=1S/C8H8N4S2/c9-8(13)7-2-1-3-12(7)5-6-4-10-14-11-6/h1-4H,5H2,(H2,9,13). The second-order valence-corrected chi connectivity index (χ2v) is 3.78. The molecule has 0 radical (unpaired) electrons. The molecule has 0 aliphatic rings. The van der Waals surface area contributed by atoms with Gasteiger partial charge in [0.25, 0.3) is 0 Å². The molecule has 6 heteroatoms. The number of rotatable bonds is 3. The average Bonchev–Trinajstić information content (AvgIpc) is 2.75. The molecule has 0 fully saturated rings. The summed E-state index contributed by atoms with van der Waals surface area (Å²) in [7, 11) is 0. The molecule has 2 heterocycles. The second kappa shape index (κ2) is 3.85. The molecular formula is C8H8N4S2. The second-order valence-electron chi connectivity index (χ2n) is 2.78. The lowest BCUT2D eigenvalue weighted by molar-refractivity contribution is 0.782. The quantitative estimate of drug-likeness (QED) is 0.791. The van der Waals surface area contributed by atoms with Crippen LogP contribution in [0.1, 0.15) is 11.4 Å². The summed E-state index contributed by atoms with van der Waals surface area (Å²) in [4.78, 5) is 0.401. The zero-order chi connectivity index (χ0) is 9.97. The first kappa shape index (κ1) is 9.29. The zero-order valence-corrected chi connectivity index (χ0v) is 8.88. The summed E-state index contributed by atoms with van der Waals surface area (Å²) in [5, 5.41) is 0. The molecule has 0 bridgehead atoms. The maximum absolute atomic E-state index is 5.57. The highest BCUT2D eigenvalue weighted by Crippen LogP contribution is 2.06. The summed E-state index contributed by atoms with van der Waals surface area (Å²) in [5.41, 5.74) is 7.34. The van der Waals surface area contributed by atoms with Crippen LogP contribution in [0.15, 0.2) is 24.5 Å². The molecule has 14 heavy (non-hydrogen) atoms. The van der Waals surface area contributed by atoms with Crippen LogP contribution in [0.2, 0.25) is 0 Å². The van der Waals surface area contributed by atoms with Gasteiger partial charge in [-0.3, -0.25) is 0 Å². The van der Waals surface area contributed by atoms with E-state index in [1.54, 1.807) is 6.20 Å². The van der Waals surface area contributed by atoms with Crippen molar-refractivity contribution in [2.75, 3.05) is 0 Å². The Labute approximate surface area is 90.7 Å². The molecule has 0 spiro atoms. The van der Waals surface area contributed by atoms with Crippen molar-refractivity contribution in [3.05, 3.63) is 35.9 Å². The fraction of sp³-hybridized carbons (Fsp3) is 0.125. The van der Waals surface area contributed by atoms with Crippen LogP contribution in [0.25, 0.3) is 0 Å². The Morgan fingerprint density at radius 1 is 1.64 bits per heavy atom. The zero-order valence-electron chi connectivity index (χ0n) is 7.25. The lowest BCUT2D eigenvalue weighted by Crippen LogP contribution is -2.15. The highest BCUT2D eigenvalue weighted by Gasteiger charge is 2.04. The molecule has 0 saturated heterocycles. The number of hydrogen-bond donors (Lipinski definition) is 1. The van der Waals surface area contributed by atoms with Crippen LogP contribution in [0.5, 0.6) is 0 Å². The molecule has 0 aromatic carbocycles. The van der Waals surface area contributed by atoms with E-state index in [0.717, 1.165) is 11.4 Å². The van der Waals surface area contributed by atoms with Gasteiger partial charge >= 0.3 is 0 Å². The third-order valence-electron chi connectivity index (χ3n) is 1.82. The van der Waals surface area contributed by atoms with Crippen LogP contribution in [-0.2, 0) is 6.54 Å². The van der Waals surface area contributed by atoms with Gasteiger partial charge in [-0.05, 0) is 12.1 Å². The maximum Gasteiger partial charge on any atom is 0.120 e. The minimum atomic E-state index is 0.401. The van der Waals surface area contributed by atoms with Gasteiger partial charge in [-0.25, -0.2) is 0 Å². The van der Waals surface area contributed by atoms with Crippen molar-refractivity contribution in [1.82, 2.24) is 13.3 Å². The van der Waals surface area contributed by atoms with Gasteiger partial charge in [0.2, 0.25) is 0 Å². The summed E-state index contributed by atoms with van der Waals surface area (Å²) in [5.74, 6) is 0. The maximum atomic E-state index is 5.57. The fourth-order valence-corrected chi connectivity index (χ4v) is 1.81. The van der Waals surface area contributed by atoms with Crippen LogP contribution in [0, 0.1) is 0 Å². The highest BCUT2D eigenvalue weighted by atomic mass is 32.1. The Morgan fingerprint density at radius 2 is 2.50 bits per heavy atom. The van der Waals surface area contributed by atoms with E-state index in [1.165, 1.54) is 11.7 Å². The third-order valence-corrected chi connectivity index (χ3v) is 2.55. The van der Waals surface area contributed by atoms with Gasteiger partial charge in [0.1, 0.15) is 4.99 Å². The molecule has 0 unspecified atom stereocenters. The molecule has 0 atom stereocenters. The molecule has 2 N–H and O–H groups in total. The number of nitrogens with two attached hydrogens (primary N) is 1. The van der Waals surface area contributed by atoms with Crippen molar-refractivity contribution in [2.45, 2.75) is 6.54 Å². The van der Waals surface area contributed by atoms with E-state index in [4.69, 9.17) is 18.0 Å². The molecular weight excluding hydrogens is 216 g/mol. The minimum Gasteiger partial charge on any atom is -0.388 e. The molecule has 0 saturated carbocycles. The first-order chi connectivity index (χ1) is 6.77. The lowest BCUT2D eigenvalue weighted by Gasteiger charge is -2.04. The van der Waals surface area contributed by atoms with E-state index in [9.17, 15) is 0 Å². The van der Waals surface area contributed by atoms with Crippen LogP contribution < -0.4 is 5.73 Å². The van der Waals surface area contributed by atoms with Crippen LogP contribution in [0.3, 0.4) is 0 Å². The summed E-state index contributed by atoms with van der Waals surface area (Å²) in [6.07, 6.45) is 3.67. The van der Waals surface area contributed by atoms with Crippen molar-refractivity contribution in [1.29, 1.82) is 0 Å². The van der Waals surface area contributed by atoms with Gasteiger partial charge in [-0.2, -0.15) is 8.75 Å². The first-order valence-corrected chi connectivity index (χ1v) is 5.12. The van der Waals surface area contributed by atoms with Crippen molar-refractivity contribution >= 4 is 28.9 Å². The molecule has 0 amide bonds. The highest BCUT2D eigenvalue weighted by molar-refractivity contribution is 7.80. The van der Waals surface area contributed by atoms with Crippen molar-refractivity contribution in [3.63, 3.8) is 0 Å². The van der Waals surface area contributed by atoms with E-state index >= 15 is 0 Å². The predicted octanol–water partition coefficient (Wildman–Crippen LogP) is 1.02. The molecule has 2 aromatic rings.